The number of nitrogens with two attached hydrogens (primary N) is 1. The van der Waals surface area contributed by atoms with E-state index < -0.39 is 0 Å². The monoisotopic (exact) mass is 277 g/mol. The molecule has 1 aromatic carbocycles. The standard InChI is InChI=1S/C15H23N3O2/c1-10(2)15(19)17-13-9-14(12(16)8-11(13)3)18-4-6-20-7-5-18/h8-10H,4-7,16H2,1-3H3,(H,17,19). The largest absolute Gasteiger partial charge is 0.397 e. The molecule has 110 valence electrons. The van der Waals surface area contributed by atoms with Crippen molar-refractivity contribution in [1.82, 2.24) is 0 Å². The first kappa shape index (κ1) is 14.7. The lowest BCUT2D eigenvalue weighted by Crippen LogP contribution is -2.36. The molecule has 0 aromatic heterocycles. The number of benzene rings is 1. The van der Waals surface area contributed by atoms with Crippen molar-refractivity contribution in [2.75, 3.05) is 42.3 Å². The molecule has 1 aromatic rings. The van der Waals surface area contributed by atoms with Gasteiger partial charge in [0.1, 0.15) is 0 Å². The average Bonchev–Trinajstić information content (AvgIpc) is 2.42. The van der Waals surface area contributed by atoms with Crippen molar-refractivity contribution in [3.8, 4) is 0 Å². The van der Waals surface area contributed by atoms with E-state index in [1.807, 2.05) is 32.9 Å². The maximum atomic E-state index is 11.9. The second-order valence-electron chi connectivity index (χ2n) is 5.47. The van der Waals surface area contributed by atoms with Crippen LogP contribution >= 0.6 is 0 Å². The number of carbonyl (C=O) groups excluding carboxylic acids is 1. The molecule has 0 bridgehead atoms. The summed E-state index contributed by atoms with van der Waals surface area (Å²) in [7, 11) is 0. The van der Waals surface area contributed by atoms with Gasteiger partial charge >= 0.3 is 0 Å². The van der Waals surface area contributed by atoms with Gasteiger partial charge in [-0.3, -0.25) is 4.79 Å². The zero-order chi connectivity index (χ0) is 14.7. The van der Waals surface area contributed by atoms with Crippen molar-refractivity contribution in [3.05, 3.63) is 17.7 Å². The normalized spacial score (nSPS) is 15.5. The molecule has 0 spiro atoms. The molecule has 5 nitrogen and oxygen atoms in total. The SMILES string of the molecule is Cc1cc(N)c(N2CCOCC2)cc1NC(=O)C(C)C. The number of nitrogen functional groups attached to an aromatic ring is 1. The summed E-state index contributed by atoms with van der Waals surface area (Å²) in [6.45, 7) is 8.78. The number of rotatable bonds is 3. The topological polar surface area (TPSA) is 67.6 Å². The highest BCUT2D eigenvalue weighted by atomic mass is 16.5. The Morgan fingerprint density at radius 3 is 2.60 bits per heavy atom. The first-order chi connectivity index (χ1) is 9.49. The number of aryl methyl sites for hydroxylation is 1. The molecule has 2 rings (SSSR count). The van der Waals surface area contributed by atoms with Gasteiger partial charge in [-0.05, 0) is 24.6 Å². The predicted molar refractivity (Wildman–Crippen MR) is 82.1 cm³/mol. The Bertz CT molecular complexity index is 494. The van der Waals surface area contributed by atoms with Crippen LogP contribution in [0.1, 0.15) is 19.4 Å². The summed E-state index contributed by atoms with van der Waals surface area (Å²) in [6, 6.07) is 3.89. The number of ether oxygens (including phenoxy) is 1. The average molecular weight is 277 g/mol. The number of anilines is 3. The summed E-state index contributed by atoms with van der Waals surface area (Å²) in [5.41, 5.74) is 9.64. The number of carbonyl (C=O) groups is 1. The van der Waals surface area contributed by atoms with Crippen molar-refractivity contribution in [3.63, 3.8) is 0 Å². The first-order valence-electron chi connectivity index (χ1n) is 7.02. The zero-order valence-corrected chi connectivity index (χ0v) is 12.4. The van der Waals surface area contributed by atoms with Crippen molar-refractivity contribution >= 4 is 23.0 Å². The maximum absolute atomic E-state index is 11.9. The van der Waals surface area contributed by atoms with E-state index in [2.05, 4.69) is 10.2 Å². The Morgan fingerprint density at radius 1 is 1.35 bits per heavy atom. The molecule has 1 aliphatic rings. The summed E-state index contributed by atoms with van der Waals surface area (Å²) < 4.78 is 5.36. The lowest BCUT2D eigenvalue weighted by molar-refractivity contribution is -0.118. The Morgan fingerprint density at radius 2 is 2.00 bits per heavy atom. The van der Waals surface area contributed by atoms with Crippen LogP contribution in [0, 0.1) is 12.8 Å². The molecular formula is C15H23N3O2. The number of amides is 1. The fourth-order valence-corrected chi connectivity index (χ4v) is 2.21. The minimum atomic E-state index is -0.0428. The van der Waals surface area contributed by atoms with Crippen LogP contribution in [0.3, 0.4) is 0 Å². The third kappa shape index (κ3) is 3.22. The van der Waals surface area contributed by atoms with Crippen LogP contribution in [0.5, 0.6) is 0 Å². The summed E-state index contributed by atoms with van der Waals surface area (Å²) >= 11 is 0. The van der Waals surface area contributed by atoms with Gasteiger partial charge < -0.3 is 20.7 Å². The molecule has 0 unspecified atom stereocenters. The zero-order valence-electron chi connectivity index (χ0n) is 12.4. The van der Waals surface area contributed by atoms with Crippen molar-refractivity contribution in [2.24, 2.45) is 5.92 Å². The summed E-state index contributed by atoms with van der Waals surface area (Å²) in [6.07, 6.45) is 0. The quantitative estimate of drug-likeness (QED) is 0.829. The first-order valence-corrected chi connectivity index (χ1v) is 7.02. The Labute approximate surface area is 120 Å². The van der Waals surface area contributed by atoms with Crippen LogP contribution in [-0.2, 0) is 9.53 Å². The fraction of sp³-hybridized carbons (Fsp3) is 0.533. The second kappa shape index (κ2) is 6.13. The summed E-state index contributed by atoms with van der Waals surface area (Å²) in [4.78, 5) is 14.1. The predicted octanol–water partition coefficient (Wildman–Crippen LogP) is 2.01. The van der Waals surface area contributed by atoms with Gasteiger partial charge in [0.05, 0.1) is 24.6 Å². The minimum absolute atomic E-state index is 0.0193. The second-order valence-corrected chi connectivity index (χ2v) is 5.47. The van der Waals surface area contributed by atoms with Crippen LogP contribution in [0.25, 0.3) is 0 Å². The van der Waals surface area contributed by atoms with Gasteiger partial charge in [-0.25, -0.2) is 0 Å². The van der Waals surface area contributed by atoms with E-state index in [9.17, 15) is 4.79 Å². The van der Waals surface area contributed by atoms with Gasteiger partial charge in [0, 0.05) is 24.7 Å². The van der Waals surface area contributed by atoms with Crippen LogP contribution in [-0.4, -0.2) is 32.2 Å². The molecule has 20 heavy (non-hydrogen) atoms. The molecule has 0 radical (unpaired) electrons. The highest BCUT2D eigenvalue weighted by Crippen LogP contribution is 2.31. The summed E-state index contributed by atoms with van der Waals surface area (Å²) in [5.74, 6) is -0.0235. The van der Waals surface area contributed by atoms with Crippen LogP contribution in [0.4, 0.5) is 17.1 Å². The fourth-order valence-electron chi connectivity index (χ4n) is 2.21. The van der Waals surface area contributed by atoms with Crippen LogP contribution < -0.4 is 16.0 Å². The lowest BCUT2D eigenvalue weighted by Gasteiger charge is -2.30. The van der Waals surface area contributed by atoms with Gasteiger partial charge in [-0.2, -0.15) is 0 Å². The molecule has 0 atom stereocenters. The summed E-state index contributed by atoms with van der Waals surface area (Å²) in [5, 5.41) is 2.96. The van der Waals surface area contributed by atoms with Gasteiger partial charge in [0.25, 0.3) is 0 Å². The smallest absolute Gasteiger partial charge is 0.226 e. The number of morpholine rings is 1. The molecule has 3 N–H and O–H groups in total. The third-order valence-electron chi connectivity index (χ3n) is 3.51. The van der Waals surface area contributed by atoms with E-state index in [0.717, 1.165) is 35.7 Å². The lowest BCUT2D eigenvalue weighted by atomic mass is 10.1. The molecule has 0 saturated carbocycles. The minimum Gasteiger partial charge on any atom is -0.397 e. The highest BCUT2D eigenvalue weighted by molar-refractivity contribution is 5.94. The molecule has 0 aliphatic carbocycles. The van der Waals surface area contributed by atoms with E-state index in [1.54, 1.807) is 0 Å². The Balaban J connectivity index is 2.26. The number of hydrogen-bond donors (Lipinski definition) is 2. The van der Waals surface area contributed by atoms with Gasteiger partial charge in [0.2, 0.25) is 5.91 Å². The Hall–Kier alpha value is -1.75. The highest BCUT2D eigenvalue weighted by Gasteiger charge is 2.17. The number of hydrogen-bond acceptors (Lipinski definition) is 4. The molecule has 1 amide bonds. The number of nitrogens with zero attached hydrogens (tertiary/aromatic N) is 1. The maximum Gasteiger partial charge on any atom is 0.226 e. The third-order valence-corrected chi connectivity index (χ3v) is 3.51. The van der Waals surface area contributed by atoms with E-state index >= 15 is 0 Å². The molecule has 5 heteroatoms. The molecule has 1 saturated heterocycles. The van der Waals surface area contributed by atoms with Crippen LogP contribution in [0.15, 0.2) is 12.1 Å². The van der Waals surface area contributed by atoms with Gasteiger partial charge in [0.15, 0.2) is 0 Å². The van der Waals surface area contributed by atoms with Gasteiger partial charge in [-0.1, -0.05) is 13.8 Å². The van der Waals surface area contributed by atoms with E-state index in [1.165, 1.54) is 0 Å². The molecular weight excluding hydrogens is 254 g/mol. The molecule has 1 heterocycles. The van der Waals surface area contributed by atoms with Crippen molar-refractivity contribution < 1.29 is 9.53 Å². The molecule has 1 fully saturated rings. The van der Waals surface area contributed by atoms with Crippen LogP contribution in [0.2, 0.25) is 0 Å². The van der Waals surface area contributed by atoms with Gasteiger partial charge in [-0.15, -0.1) is 0 Å². The van der Waals surface area contributed by atoms with E-state index in [0.29, 0.717) is 13.2 Å². The van der Waals surface area contributed by atoms with E-state index in [-0.39, 0.29) is 11.8 Å². The molecule has 1 aliphatic heterocycles. The van der Waals surface area contributed by atoms with Crippen molar-refractivity contribution in [1.29, 1.82) is 0 Å². The Kier molecular flexibility index (Phi) is 4.49. The number of nitrogens with one attached hydrogen (secondary N) is 1. The van der Waals surface area contributed by atoms with E-state index in [4.69, 9.17) is 10.5 Å². The van der Waals surface area contributed by atoms with Crippen molar-refractivity contribution in [2.45, 2.75) is 20.8 Å².